The van der Waals surface area contributed by atoms with Gasteiger partial charge in [-0.15, -0.1) is 5.10 Å². The molecule has 0 aliphatic heterocycles. The lowest BCUT2D eigenvalue weighted by molar-refractivity contribution is -0.145. The molecule has 0 amide bonds. The summed E-state index contributed by atoms with van der Waals surface area (Å²) in [6.07, 6.45) is 1.65. The van der Waals surface area contributed by atoms with Crippen LogP contribution in [0.3, 0.4) is 0 Å². The third-order valence-electron chi connectivity index (χ3n) is 2.03. The van der Waals surface area contributed by atoms with Crippen molar-refractivity contribution in [1.82, 2.24) is 14.9 Å². The zero-order chi connectivity index (χ0) is 11.4. The number of benzene rings is 1. The van der Waals surface area contributed by atoms with Gasteiger partial charge in [-0.25, -0.2) is 9.78 Å². The van der Waals surface area contributed by atoms with Crippen LogP contribution in [0.4, 0.5) is 0 Å². The van der Waals surface area contributed by atoms with E-state index in [0.29, 0.717) is 12.2 Å². The molecule has 5 heteroatoms. The van der Waals surface area contributed by atoms with Crippen LogP contribution < -0.4 is 4.84 Å². The van der Waals surface area contributed by atoms with E-state index in [-0.39, 0.29) is 5.97 Å². The molecule has 16 heavy (non-hydrogen) atoms. The molecule has 0 bridgehead atoms. The van der Waals surface area contributed by atoms with Gasteiger partial charge in [-0.1, -0.05) is 42.1 Å². The molecular formula is C11H11N3O2. The second-order valence-corrected chi connectivity index (χ2v) is 3.14. The molecule has 0 saturated heterocycles. The van der Waals surface area contributed by atoms with E-state index in [1.54, 1.807) is 6.92 Å². The van der Waals surface area contributed by atoms with Crippen LogP contribution >= 0.6 is 0 Å². The summed E-state index contributed by atoms with van der Waals surface area (Å²) in [5.74, 6) is 0.171. The Labute approximate surface area is 92.6 Å². The summed E-state index contributed by atoms with van der Waals surface area (Å²) in [6.45, 7) is 1.72. The van der Waals surface area contributed by atoms with E-state index in [9.17, 15) is 4.79 Å². The van der Waals surface area contributed by atoms with E-state index in [0.717, 1.165) is 10.4 Å². The molecule has 82 valence electrons. The van der Waals surface area contributed by atoms with Crippen molar-refractivity contribution < 1.29 is 9.63 Å². The lowest BCUT2D eigenvalue weighted by atomic mass is 10.2. The van der Waals surface area contributed by atoms with Crippen molar-refractivity contribution in [3.8, 4) is 11.4 Å². The van der Waals surface area contributed by atoms with E-state index < -0.39 is 0 Å². The summed E-state index contributed by atoms with van der Waals surface area (Å²) >= 11 is 0. The summed E-state index contributed by atoms with van der Waals surface area (Å²) in [7, 11) is 0. The second kappa shape index (κ2) is 4.57. The number of rotatable bonds is 3. The third-order valence-corrected chi connectivity index (χ3v) is 2.03. The first-order valence-corrected chi connectivity index (χ1v) is 4.98. The SMILES string of the molecule is CCC(=O)On1ncnc1-c1ccccc1. The molecule has 0 aliphatic carbocycles. The Morgan fingerprint density at radius 2 is 2.12 bits per heavy atom. The molecule has 0 saturated carbocycles. The highest BCUT2D eigenvalue weighted by atomic mass is 16.7. The zero-order valence-electron chi connectivity index (χ0n) is 8.83. The number of hydrogen-bond donors (Lipinski definition) is 0. The minimum atomic E-state index is -0.345. The molecule has 0 aliphatic rings. The average Bonchev–Trinajstić information content (AvgIpc) is 2.78. The van der Waals surface area contributed by atoms with Crippen LogP contribution in [0.15, 0.2) is 36.7 Å². The fourth-order valence-electron chi connectivity index (χ4n) is 1.23. The van der Waals surface area contributed by atoms with Gasteiger partial charge in [-0.2, -0.15) is 0 Å². The summed E-state index contributed by atoms with van der Waals surface area (Å²) in [5.41, 5.74) is 0.851. The van der Waals surface area contributed by atoms with Gasteiger partial charge in [-0.05, 0) is 0 Å². The quantitative estimate of drug-likeness (QED) is 0.777. The van der Waals surface area contributed by atoms with Gasteiger partial charge >= 0.3 is 5.97 Å². The number of aromatic nitrogens is 3. The second-order valence-electron chi connectivity index (χ2n) is 3.14. The Morgan fingerprint density at radius 1 is 1.38 bits per heavy atom. The first-order chi connectivity index (χ1) is 7.81. The van der Waals surface area contributed by atoms with Gasteiger partial charge in [0.15, 0.2) is 5.82 Å². The fourth-order valence-corrected chi connectivity index (χ4v) is 1.23. The smallest absolute Gasteiger partial charge is 0.317 e. The van der Waals surface area contributed by atoms with Crippen LogP contribution in [-0.4, -0.2) is 20.9 Å². The van der Waals surface area contributed by atoms with Crippen LogP contribution in [0.1, 0.15) is 13.3 Å². The summed E-state index contributed by atoms with van der Waals surface area (Å²) in [6, 6.07) is 9.43. The largest absolute Gasteiger partial charge is 0.334 e. The highest BCUT2D eigenvalue weighted by molar-refractivity contribution is 5.69. The van der Waals surface area contributed by atoms with Crippen molar-refractivity contribution in [2.24, 2.45) is 0 Å². The molecule has 1 aromatic carbocycles. The normalized spacial score (nSPS) is 10.1. The maximum Gasteiger partial charge on any atom is 0.334 e. The molecule has 0 radical (unpaired) electrons. The molecule has 0 N–H and O–H groups in total. The van der Waals surface area contributed by atoms with Crippen molar-refractivity contribution in [2.75, 3.05) is 0 Å². The van der Waals surface area contributed by atoms with Crippen LogP contribution in [0.25, 0.3) is 11.4 Å². The highest BCUT2D eigenvalue weighted by Crippen LogP contribution is 2.14. The Balaban J connectivity index is 2.29. The monoisotopic (exact) mass is 217 g/mol. The van der Waals surface area contributed by atoms with Crippen molar-refractivity contribution in [3.63, 3.8) is 0 Å². The summed E-state index contributed by atoms with van der Waals surface area (Å²) in [4.78, 5) is 21.3. The molecule has 0 fully saturated rings. The van der Waals surface area contributed by atoms with E-state index >= 15 is 0 Å². The number of carbonyl (C=O) groups excluding carboxylic acids is 1. The number of nitrogens with zero attached hydrogens (tertiary/aromatic N) is 3. The van der Waals surface area contributed by atoms with E-state index in [4.69, 9.17) is 4.84 Å². The molecule has 0 atom stereocenters. The Bertz CT molecular complexity index is 479. The summed E-state index contributed by atoms with van der Waals surface area (Å²) < 4.78 is 0. The molecule has 0 spiro atoms. The van der Waals surface area contributed by atoms with Crippen molar-refractivity contribution >= 4 is 5.97 Å². The lowest BCUT2D eigenvalue weighted by Crippen LogP contribution is -2.20. The minimum absolute atomic E-state index is 0.300. The van der Waals surface area contributed by atoms with Crippen LogP contribution in [0.5, 0.6) is 0 Å². The van der Waals surface area contributed by atoms with Crippen LogP contribution in [-0.2, 0) is 4.79 Å². The standard InChI is InChI=1S/C11H11N3O2/c1-2-10(15)16-14-11(12-8-13-14)9-6-4-3-5-7-9/h3-8H,2H2,1H3. The predicted octanol–water partition coefficient (Wildman–Crippen LogP) is 1.31. The van der Waals surface area contributed by atoms with Crippen molar-refractivity contribution in [2.45, 2.75) is 13.3 Å². The highest BCUT2D eigenvalue weighted by Gasteiger charge is 2.10. The van der Waals surface area contributed by atoms with Crippen molar-refractivity contribution in [3.05, 3.63) is 36.7 Å². The topological polar surface area (TPSA) is 57.0 Å². The number of carbonyl (C=O) groups is 1. The van der Waals surface area contributed by atoms with Gasteiger partial charge in [-0.3, -0.25) is 0 Å². The molecule has 1 aromatic heterocycles. The fraction of sp³-hybridized carbons (Fsp3) is 0.182. The Kier molecular flexibility index (Phi) is 2.95. The van der Waals surface area contributed by atoms with Crippen LogP contribution in [0, 0.1) is 0 Å². The third kappa shape index (κ3) is 2.08. The molecule has 0 unspecified atom stereocenters. The van der Waals surface area contributed by atoms with Crippen LogP contribution in [0.2, 0.25) is 0 Å². The maximum atomic E-state index is 11.2. The zero-order valence-corrected chi connectivity index (χ0v) is 8.83. The molecule has 5 nitrogen and oxygen atoms in total. The number of hydrogen-bond acceptors (Lipinski definition) is 4. The lowest BCUT2D eigenvalue weighted by Gasteiger charge is -2.04. The van der Waals surface area contributed by atoms with Gasteiger partial charge in [0.1, 0.15) is 6.33 Å². The maximum absolute atomic E-state index is 11.2. The molecule has 1 heterocycles. The molecular weight excluding hydrogens is 206 g/mol. The van der Waals surface area contributed by atoms with Crippen molar-refractivity contribution in [1.29, 1.82) is 0 Å². The van der Waals surface area contributed by atoms with Gasteiger partial charge in [0.25, 0.3) is 0 Å². The van der Waals surface area contributed by atoms with Gasteiger partial charge < -0.3 is 4.84 Å². The summed E-state index contributed by atoms with van der Waals surface area (Å²) in [5, 5.41) is 3.84. The Morgan fingerprint density at radius 3 is 2.81 bits per heavy atom. The van der Waals surface area contributed by atoms with E-state index in [2.05, 4.69) is 10.1 Å². The van der Waals surface area contributed by atoms with Gasteiger partial charge in [0, 0.05) is 12.0 Å². The average molecular weight is 217 g/mol. The predicted molar refractivity (Wildman–Crippen MR) is 57.3 cm³/mol. The molecule has 2 aromatic rings. The van der Waals surface area contributed by atoms with Gasteiger partial charge in [0.2, 0.25) is 0 Å². The minimum Gasteiger partial charge on any atom is -0.317 e. The van der Waals surface area contributed by atoms with E-state index in [1.165, 1.54) is 6.33 Å². The molecule has 2 rings (SSSR count). The first kappa shape index (κ1) is 10.4. The van der Waals surface area contributed by atoms with Gasteiger partial charge in [0.05, 0.1) is 0 Å². The van der Waals surface area contributed by atoms with E-state index in [1.807, 2.05) is 30.3 Å². The Hall–Kier alpha value is -2.17. The first-order valence-electron chi connectivity index (χ1n) is 4.98.